The molecule has 0 aromatic heterocycles. The molecule has 1 spiro atoms. The first-order valence-corrected chi connectivity index (χ1v) is 14.2. The molecule has 0 radical (unpaired) electrons. The van der Waals surface area contributed by atoms with Crippen LogP contribution in [0, 0.1) is 17.8 Å². The number of ketones is 2. The Kier molecular flexibility index (Phi) is 5.68. The van der Waals surface area contributed by atoms with E-state index in [1.54, 1.807) is 13.0 Å². The summed E-state index contributed by atoms with van der Waals surface area (Å²) in [6.45, 7) is 13.5. The van der Waals surface area contributed by atoms with Crippen LogP contribution >= 0.6 is 0 Å². The first kappa shape index (κ1) is 27.0. The molecular weight excluding hydrogens is 508 g/mol. The molecule has 4 fully saturated rings. The monoisotopic (exact) mass is 546 g/mol. The van der Waals surface area contributed by atoms with Gasteiger partial charge >= 0.3 is 0 Å². The quantitative estimate of drug-likeness (QED) is 0.287. The van der Waals surface area contributed by atoms with Crippen molar-refractivity contribution in [3.8, 4) is 17.2 Å². The van der Waals surface area contributed by atoms with E-state index in [-0.39, 0.29) is 46.9 Å². The minimum absolute atomic E-state index is 0.0647. The van der Waals surface area contributed by atoms with E-state index in [0.717, 1.165) is 11.9 Å². The van der Waals surface area contributed by atoms with Crippen LogP contribution in [0.5, 0.6) is 17.2 Å². The fraction of sp³-hybridized carbons (Fsp3) is 0.545. The molecule has 6 aliphatic rings. The molecule has 7 rings (SSSR count). The zero-order chi connectivity index (χ0) is 29.0. The summed E-state index contributed by atoms with van der Waals surface area (Å²) in [6, 6.07) is 0. The molecule has 40 heavy (non-hydrogen) atoms. The van der Waals surface area contributed by atoms with Crippen molar-refractivity contribution in [1.82, 2.24) is 0 Å². The number of allylic oxidation sites excluding steroid dienone is 3. The second-order valence-corrected chi connectivity index (χ2v) is 13.5. The van der Waals surface area contributed by atoms with Crippen LogP contribution in [0.15, 0.2) is 29.4 Å². The topological polar surface area (TPSA) is 99.1 Å². The Labute approximate surface area is 235 Å². The van der Waals surface area contributed by atoms with Gasteiger partial charge < -0.3 is 19.3 Å². The third kappa shape index (κ3) is 3.36. The van der Waals surface area contributed by atoms with Crippen LogP contribution in [0.25, 0.3) is 6.08 Å². The van der Waals surface area contributed by atoms with Gasteiger partial charge in [0.25, 0.3) is 0 Å². The highest BCUT2D eigenvalue weighted by molar-refractivity contribution is 6.09. The van der Waals surface area contributed by atoms with Gasteiger partial charge in [0.05, 0.1) is 17.1 Å². The van der Waals surface area contributed by atoms with Crippen molar-refractivity contribution in [2.24, 2.45) is 17.8 Å². The molecular formula is C33H38O7. The Balaban J connectivity index is 1.65. The first-order valence-electron chi connectivity index (χ1n) is 14.2. The molecule has 1 saturated heterocycles. The van der Waals surface area contributed by atoms with Crippen LogP contribution in [0.2, 0.25) is 0 Å². The lowest BCUT2D eigenvalue weighted by atomic mass is 9.46. The SMILES string of the molecule is CC(C)=CCc1c2c(c(O)c3c1O[C@]14C(C[C@@H]5CC1C(C)(C)OC4(C/C=C(\C)C=O)C5=O)C3=O)C=CC(C)(C)O2. The lowest BCUT2D eigenvalue weighted by molar-refractivity contribution is -0.199. The number of rotatable bonds is 5. The average Bonchev–Trinajstić information content (AvgIpc) is 3.03. The second-order valence-electron chi connectivity index (χ2n) is 13.5. The Morgan fingerprint density at radius 1 is 1.05 bits per heavy atom. The number of ether oxygens (including phenoxy) is 3. The van der Waals surface area contributed by atoms with Gasteiger partial charge in [0.15, 0.2) is 22.8 Å². The molecule has 5 atom stereocenters. The van der Waals surface area contributed by atoms with Gasteiger partial charge in [-0.2, -0.15) is 0 Å². The second kappa shape index (κ2) is 8.41. The lowest BCUT2D eigenvalue weighted by Gasteiger charge is -2.60. The van der Waals surface area contributed by atoms with Gasteiger partial charge in [-0.15, -0.1) is 0 Å². The number of hydrogen-bond donors (Lipinski definition) is 1. The molecule has 3 unspecified atom stereocenters. The van der Waals surface area contributed by atoms with E-state index in [9.17, 15) is 19.5 Å². The van der Waals surface area contributed by atoms with Crippen molar-refractivity contribution < 1.29 is 33.7 Å². The molecule has 3 saturated carbocycles. The van der Waals surface area contributed by atoms with E-state index < -0.39 is 28.3 Å². The van der Waals surface area contributed by atoms with Crippen LogP contribution in [0.1, 0.15) is 89.2 Å². The third-order valence-electron chi connectivity index (χ3n) is 9.73. The Hall–Kier alpha value is -3.19. The normalized spacial score (nSPS) is 33.9. The Morgan fingerprint density at radius 3 is 2.45 bits per heavy atom. The number of aldehydes is 1. The van der Waals surface area contributed by atoms with Crippen LogP contribution in [0.3, 0.4) is 0 Å². The number of carbonyl (C=O) groups is 3. The predicted octanol–water partition coefficient (Wildman–Crippen LogP) is 5.71. The number of phenolic OH excluding ortho intramolecular Hbond substituents is 1. The van der Waals surface area contributed by atoms with E-state index in [1.165, 1.54) is 0 Å². The highest BCUT2D eigenvalue weighted by Gasteiger charge is 2.83. The van der Waals surface area contributed by atoms with E-state index in [4.69, 9.17) is 14.2 Å². The molecule has 1 aromatic carbocycles. The summed E-state index contributed by atoms with van der Waals surface area (Å²) >= 11 is 0. The summed E-state index contributed by atoms with van der Waals surface area (Å²) in [5, 5.41) is 11.6. The van der Waals surface area contributed by atoms with Gasteiger partial charge in [-0.05, 0) is 85.5 Å². The fourth-order valence-corrected chi connectivity index (χ4v) is 7.98. The van der Waals surface area contributed by atoms with Gasteiger partial charge in [0.1, 0.15) is 34.7 Å². The molecule has 7 nitrogen and oxygen atoms in total. The maximum atomic E-state index is 14.6. The molecule has 3 aliphatic carbocycles. The summed E-state index contributed by atoms with van der Waals surface area (Å²) in [7, 11) is 0. The van der Waals surface area contributed by atoms with E-state index in [2.05, 4.69) is 0 Å². The molecule has 1 aromatic rings. The van der Waals surface area contributed by atoms with Gasteiger partial charge in [0, 0.05) is 23.8 Å². The van der Waals surface area contributed by atoms with Gasteiger partial charge in [-0.3, -0.25) is 14.4 Å². The zero-order valence-corrected chi connectivity index (χ0v) is 24.3. The summed E-state index contributed by atoms with van der Waals surface area (Å²) in [4.78, 5) is 40.3. The number of aromatic hydroxyl groups is 1. The van der Waals surface area contributed by atoms with Crippen molar-refractivity contribution in [3.63, 3.8) is 0 Å². The number of carbonyl (C=O) groups excluding carboxylic acids is 3. The van der Waals surface area contributed by atoms with Crippen LogP contribution in [0.4, 0.5) is 0 Å². The van der Waals surface area contributed by atoms with Crippen molar-refractivity contribution in [1.29, 1.82) is 0 Å². The standard InChI is InChI=1S/C33H38O7/c1-17(2)8-9-21-27-20(11-12-30(4,5)38-27)25(35)24-26(36)22-14-19-15-23-31(6,7)40-32(29(19)37,13-10-18(3)16-34)33(22,23)39-28(21)24/h8,10-12,16,19,22-23,35H,9,13-15H2,1-7H3/b18-10+/t19-,22?,23?,32?,33-/m1/s1. The number of fused-ring (bicyclic) bond motifs is 2. The maximum absolute atomic E-state index is 14.6. The molecule has 0 amide bonds. The highest BCUT2D eigenvalue weighted by Crippen LogP contribution is 2.70. The van der Waals surface area contributed by atoms with Gasteiger partial charge in [0.2, 0.25) is 0 Å². The van der Waals surface area contributed by atoms with Gasteiger partial charge in [-0.25, -0.2) is 0 Å². The smallest absolute Gasteiger partial charge is 0.177 e. The minimum Gasteiger partial charge on any atom is -0.506 e. The minimum atomic E-state index is -1.43. The van der Waals surface area contributed by atoms with Crippen molar-refractivity contribution in [2.45, 2.75) is 96.6 Å². The third-order valence-corrected chi connectivity index (χ3v) is 9.73. The van der Waals surface area contributed by atoms with Crippen LogP contribution in [-0.2, 0) is 20.7 Å². The van der Waals surface area contributed by atoms with Crippen LogP contribution < -0.4 is 9.47 Å². The summed E-state index contributed by atoms with van der Waals surface area (Å²) in [5.41, 5.74) is -1.20. The number of phenols is 1. The average molecular weight is 547 g/mol. The fourth-order valence-electron chi connectivity index (χ4n) is 7.98. The van der Waals surface area contributed by atoms with Crippen molar-refractivity contribution in [2.75, 3.05) is 0 Å². The van der Waals surface area contributed by atoms with E-state index in [0.29, 0.717) is 41.7 Å². The predicted molar refractivity (Wildman–Crippen MR) is 150 cm³/mol. The Morgan fingerprint density at radius 2 is 1.77 bits per heavy atom. The molecule has 3 aliphatic heterocycles. The van der Waals surface area contributed by atoms with Gasteiger partial charge in [-0.1, -0.05) is 17.7 Å². The van der Waals surface area contributed by atoms with Crippen LogP contribution in [-0.4, -0.2) is 45.4 Å². The first-order chi connectivity index (χ1) is 18.7. The molecule has 1 N–H and O–H groups in total. The molecule has 7 heteroatoms. The molecule has 212 valence electrons. The number of Topliss-reactive ketones (excluding diaryl/α,β-unsaturated/α-hetero) is 2. The van der Waals surface area contributed by atoms with E-state index in [1.807, 2.05) is 59.8 Å². The molecule has 4 bridgehead atoms. The summed E-state index contributed by atoms with van der Waals surface area (Å²) in [6.07, 6.45) is 9.69. The summed E-state index contributed by atoms with van der Waals surface area (Å²) in [5.74, 6) is -0.935. The zero-order valence-electron chi connectivity index (χ0n) is 24.3. The van der Waals surface area contributed by atoms with Crippen molar-refractivity contribution >= 4 is 23.9 Å². The highest BCUT2D eigenvalue weighted by atomic mass is 16.6. The van der Waals surface area contributed by atoms with Crippen molar-refractivity contribution in [3.05, 3.63) is 46.1 Å². The Bertz CT molecular complexity index is 1450. The van der Waals surface area contributed by atoms with E-state index >= 15 is 0 Å². The number of benzene rings is 1. The maximum Gasteiger partial charge on any atom is 0.177 e. The molecule has 3 heterocycles. The number of hydrogen-bond acceptors (Lipinski definition) is 7. The largest absolute Gasteiger partial charge is 0.506 e. The lowest BCUT2D eigenvalue weighted by Crippen LogP contribution is -2.76. The summed E-state index contributed by atoms with van der Waals surface area (Å²) < 4.78 is 20.3.